The third-order valence-corrected chi connectivity index (χ3v) is 4.14. The number of carboxylic acid groups (broad SMARTS) is 1. The van der Waals surface area contributed by atoms with Gasteiger partial charge in [0.25, 0.3) is 11.8 Å². The molecule has 3 heterocycles. The molecule has 0 saturated carbocycles. The highest BCUT2D eigenvalue weighted by molar-refractivity contribution is 5.91. The lowest BCUT2D eigenvalue weighted by Gasteiger charge is -2.23. The van der Waals surface area contributed by atoms with Gasteiger partial charge in [-0.3, -0.25) is 9.69 Å². The molecule has 1 fully saturated rings. The molecule has 2 N–H and O–H groups in total. The van der Waals surface area contributed by atoms with E-state index in [9.17, 15) is 22.4 Å². The van der Waals surface area contributed by atoms with E-state index < -0.39 is 24.2 Å². The first kappa shape index (κ1) is 24.0. The van der Waals surface area contributed by atoms with Gasteiger partial charge < -0.3 is 19.7 Å². The monoisotopic (exact) mass is 449 g/mol. The van der Waals surface area contributed by atoms with E-state index in [1.165, 1.54) is 19.5 Å². The van der Waals surface area contributed by atoms with Crippen LogP contribution in [0.3, 0.4) is 0 Å². The Balaban J connectivity index is 0.000000423. The highest BCUT2D eigenvalue weighted by atomic mass is 19.4. The molecule has 1 aliphatic rings. The fourth-order valence-electron chi connectivity index (χ4n) is 2.73. The standard InChI is InChI=1S/C15H18FN5O3.C2HF3O2/c1-23-14-3-13(24-20-14)15(22)19-6-12-2-11(16)8-21(12)7-10-4-17-9-18-5-10;3-2(4,5)1(6)7/h3-5,9,11-12H,2,6-8H2,1H3,(H,19,22);(H,6,7)/t11-,12-;/m0./s1. The van der Waals surface area contributed by atoms with Crippen molar-refractivity contribution in [1.82, 2.24) is 25.3 Å². The zero-order valence-electron chi connectivity index (χ0n) is 16.2. The molecular formula is C17H19F4N5O5. The zero-order chi connectivity index (χ0) is 23.0. The number of ether oxygens (including phenoxy) is 1. The molecule has 0 aliphatic carbocycles. The van der Waals surface area contributed by atoms with Crippen LogP contribution in [0.4, 0.5) is 17.6 Å². The number of hydrogen-bond acceptors (Lipinski definition) is 8. The quantitative estimate of drug-likeness (QED) is 0.629. The molecule has 31 heavy (non-hydrogen) atoms. The molecule has 170 valence electrons. The number of carbonyl (C=O) groups excluding carboxylic acids is 1. The maximum absolute atomic E-state index is 13.8. The minimum atomic E-state index is -5.08. The second-order valence-electron chi connectivity index (χ2n) is 6.41. The highest BCUT2D eigenvalue weighted by Crippen LogP contribution is 2.22. The predicted octanol–water partition coefficient (Wildman–Crippen LogP) is 1.45. The number of aromatic nitrogens is 3. The van der Waals surface area contributed by atoms with Crippen molar-refractivity contribution in [1.29, 1.82) is 0 Å². The molecule has 2 atom stereocenters. The van der Waals surface area contributed by atoms with Crippen molar-refractivity contribution in [3.8, 4) is 5.88 Å². The van der Waals surface area contributed by atoms with Crippen LogP contribution in [-0.4, -0.2) is 75.6 Å². The first-order valence-electron chi connectivity index (χ1n) is 8.81. The van der Waals surface area contributed by atoms with Gasteiger partial charge in [-0.25, -0.2) is 19.2 Å². The van der Waals surface area contributed by atoms with Gasteiger partial charge in [0.15, 0.2) is 0 Å². The largest absolute Gasteiger partial charge is 0.490 e. The van der Waals surface area contributed by atoms with E-state index in [0.717, 1.165) is 5.56 Å². The predicted molar refractivity (Wildman–Crippen MR) is 94.8 cm³/mol. The van der Waals surface area contributed by atoms with Gasteiger partial charge in [-0.1, -0.05) is 0 Å². The van der Waals surface area contributed by atoms with Gasteiger partial charge in [-0.15, -0.1) is 0 Å². The number of methoxy groups -OCH3 is 1. The number of carbonyl (C=O) groups is 2. The van der Waals surface area contributed by atoms with Crippen LogP contribution in [0.15, 0.2) is 29.3 Å². The molecule has 0 aromatic carbocycles. The Kier molecular flexibility index (Phi) is 8.24. The summed E-state index contributed by atoms with van der Waals surface area (Å²) >= 11 is 0. The van der Waals surface area contributed by atoms with E-state index in [1.807, 2.05) is 4.90 Å². The number of likely N-dealkylation sites (tertiary alicyclic amines) is 1. The number of halogens is 4. The zero-order valence-corrected chi connectivity index (χ0v) is 16.2. The van der Waals surface area contributed by atoms with Crippen molar-refractivity contribution >= 4 is 11.9 Å². The third kappa shape index (κ3) is 7.47. The van der Waals surface area contributed by atoms with Crippen LogP contribution in [0.25, 0.3) is 0 Å². The lowest BCUT2D eigenvalue weighted by molar-refractivity contribution is -0.192. The number of carboxylic acids is 1. The van der Waals surface area contributed by atoms with Gasteiger partial charge in [0.1, 0.15) is 12.5 Å². The fourth-order valence-corrected chi connectivity index (χ4v) is 2.73. The van der Waals surface area contributed by atoms with Crippen molar-refractivity contribution in [2.75, 3.05) is 20.2 Å². The Labute approximate surface area is 173 Å². The Bertz CT molecular complexity index is 864. The molecule has 14 heteroatoms. The van der Waals surface area contributed by atoms with E-state index in [1.54, 1.807) is 12.4 Å². The van der Waals surface area contributed by atoms with Crippen LogP contribution in [0.2, 0.25) is 0 Å². The summed E-state index contributed by atoms with van der Waals surface area (Å²) in [5, 5.41) is 13.4. The summed E-state index contributed by atoms with van der Waals surface area (Å²) in [5.74, 6) is -2.87. The number of rotatable bonds is 6. The number of amides is 1. The smallest absolute Gasteiger partial charge is 0.479 e. The number of nitrogens with zero attached hydrogens (tertiary/aromatic N) is 4. The number of aliphatic carboxylic acids is 1. The second kappa shape index (κ2) is 10.7. The van der Waals surface area contributed by atoms with Crippen molar-refractivity contribution in [3.05, 3.63) is 36.1 Å². The lowest BCUT2D eigenvalue weighted by atomic mass is 10.2. The summed E-state index contributed by atoms with van der Waals surface area (Å²) in [6.07, 6.45) is -0.770. The number of hydrogen-bond donors (Lipinski definition) is 2. The van der Waals surface area contributed by atoms with Crippen LogP contribution < -0.4 is 10.1 Å². The van der Waals surface area contributed by atoms with Crippen molar-refractivity contribution < 1.29 is 41.5 Å². The first-order chi connectivity index (χ1) is 14.6. The number of alkyl halides is 4. The van der Waals surface area contributed by atoms with Gasteiger partial charge in [0.2, 0.25) is 5.76 Å². The third-order valence-electron chi connectivity index (χ3n) is 4.14. The van der Waals surface area contributed by atoms with Crippen molar-refractivity contribution in [3.63, 3.8) is 0 Å². The van der Waals surface area contributed by atoms with Gasteiger partial charge >= 0.3 is 12.1 Å². The Morgan fingerprint density at radius 1 is 1.35 bits per heavy atom. The van der Waals surface area contributed by atoms with Crippen LogP contribution in [0.1, 0.15) is 22.5 Å². The topological polar surface area (TPSA) is 131 Å². The molecule has 0 unspecified atom stereocenters. The van der Waals surface area contributed by atoms with Crippen LogP contribution in [0.5, 0.6) is 5.88 Å². The van der Waals surface area contributed by atoms with Crippen molar-refractivity contribution in [2.24, 2.45) is 0 Å². The minimum Gasteiger partial charge on any atom is -0.479 e. The molecule has 10 nitrogen and oxygen atoms in total. The summed E-state index contributed by atoms with van der Waals surface area (Å²) < 4.78 is 55.3. The maximum atomic E-state index is 13.8. The molecule has 0 radical (unpaired) electrons. The second-order valence-corrected chi connectivity index (χ2v) is 6.41. The molecule has 3 rings (SSSR count). The number of nitrogens with one attached hydrogen (secondary N) is 1. The average Bonchev–Trinajstić information content (AvgIpc) is 3.33. The van der Waals surface area contributed by atoms with E-state index >= 15 is 0 Å². The van der Waals surface area contributed by atoms with Crippen LogP contribution in [-0.2, 0) is 11.3 Å². The Morgan fingerprint density at radius 2 is 2.00 bits per heavy atom. The molecule has 1 saturated heterocycles. The summed E-state index contributed by atoms with van der Waals surface area (Å²) in [6, 6.07) is 1.30. The van der Waals surface area contributed by atoms with E-state index in [2.05, 4.69) is 20.4 Å². The van der Waals surface area contributed by atoms with Crippen LogP contribution in [0, 0.1) is 0 Å². The summed E-state index contributed by atoms with van der Waals surface area (Å²) in [5.41, 5.74) is 0.905. The highest BCUT2D eigenvalue weighted by Gasteiger charge is 2.38. The van der Waals surface area contributed by atoms with E-state index in [4.69, 9.17) is 19.2 Å². The average molecular weight is 449 g/mol. The lowest BCUT2D eigenvalue weighted by Crippen LogP contribution is -2.39. The Hall–Kier alpha value is -3.29. The van der Waals surface area contributed by atoms with Gasteiger partial charge in [-0.2, -0.15) is 13.2 Å². The first-order valence-corrected chi connectivity index (χ1v) is 8.81. The minimum absolute atomic E-state index is 0.0599. The van der Waals surface area contributed by atoms with Gasteiger partial charge in [0, 0.05) is 43.6 Å². The summed E-state index contributed by atoms with van der Waals surface area (Å²) in [4.78, 5) is 30.8. The Morgan fingerprint density at radius 3 is 2.55 bits per heavy atom. The van der Waals surface area contributed by atoms with Gasteiger partial charge in [0.05, 0.1) is 13.2 Å². The van der Waals surface area contributed by atoms with Crippen LogP contribution >= 0.6 is 0 Å². The molecule has 0 bridgehead atoms. The summed E-state index contributed by atoms with van der Waals surface area (Å²) in [7, 11) is 1.44. The van der Waals surface area contributed by atoms with E-state index in [0.29, 0.717) is 26.1 Å². The molecule has 1 amide bonds. The van der Waals surface area contributed by atoms with E-state index in [-0.39, 0.29) is 17.7 Å². The normalized spacial score (nSPS) is 18.7. The van der Waals surface area contributed by atoms with Crippen molar-refractivity contribution in [2.45, 2.75) is 31.4 Å². The molecule has 1 aliphatic heterocycles. The maximum Gasteiger partial charge on any atom is 0.490 e. The van der Waals surface area contributed by atoms with Gasteiger partial charge in [-0.05, 0) is 11.6 Å². The molecular weight excluding hydrogens is 430 g/mol. The fraction of sp³-hybridized carbons (Fsp3) is 0.471. The summed E-state index contributed by atoms with van der Waals surface area (Å²) in [6.45, 7) is 1.18. The SMILES string of the molecule is COc1cc(C(=O)NC[C@@H]2C[C@H](F)CN2Cc2cncnc2)on1.O=C(O)C(F)(F)F. The molecule has 2 aromatic rings. The molecule has 0 spiro atoms. The molecule has 2 aromatic heterocycles.